The zero-order valence-corrected chi connectivity index (χ0v) is 21.8. The molecule has 0 radical (unpaired) electrons. The zero-order valence-electron chi connectivity index (χ0n) is 21.8. The Morgan fingerprint density at radius 1 is 0.923 bits per heavy atom. The number of nitrogens with one attached hydrogen (secondary N) is 1. The molecule has 0 atom stereocenters. The summed E-state index contributed by atoms with van der Waals surface area (Å²) in [6.07, 6.45) is 10.8. The van der Waals surface area contributed by atoms with Gasteiger partial charge in [0.25, 0.3) is 11.8 Å². The topological polar surface area (TPSA) is 61.9 Å². The molecule has 3 aromatic carbocycles. The number of nitrogens with zero attached hydrogens (tertiary/aromatic N) is 2. The second-order valence-electron chi connectivity index (χ2n) is 9.77. The molecule has 1 N–H and O–H groups in total. The molecule has 3 aliphatic rings. The quantitative estimate of drug-likeness (QED) is 0.445. The van der Waals surface area contributed by atoms with Crippen LogP contribution in [0.3, 0.4) is 0 Å². The number of hydrogen-bond donors (Lipinski definition) is 1. The van der Waals surface area contributed by atoms with E-state index >= 15 is 0 Å². The summed E-state index contributed by atoms with van der Waals surface area (Å²) in [7, 11) is 0. The average molecular weight is 516 g/mol. The smallest absolute Gasteiger partial charge is 0.262 e. The highest BCUT2D eigenvalue weighted by Gasteiger charge is 2.28. The molecule has 6 heteroatoms. The number of anilines is 1. The summed E-state index contributed by atoms with van der Waals surface area (Å²) in [5.74, 6) is -0.321. The fraction of sp³-hybridized carbons (Fsp3) is 0.152. The largest absolute Gasteiger partial charge is 0.373 e. The van der Waals surface area contributed by atoms with E-state index in [1.165, 1.54) is 0 Å². The fourth-order valence-electron chi connectivity index (χ4n) is 5.24. The van der Waals surface area contributed by atoms with Crippen molar-refractivity contribution in [2.75, 3.05) is 25.1 Å². The molecule has 39 heavy (non-hydrogen) atoms. The van der Waals surface area contributed by atoms with E-state index in [0.29, 0.717) is 30.0 Å². The number of aryl methyl sites for hydroxylation is 1. The number of carbonyl (C=O) groups excluding carboxylic acids is 2. The van der Waals surface area contributed by atoms with Gasteiger partial charge in [-0.3, -0.25) is 14.5 Å². The van der Waals surface area contributed by atoms with Crippen molar-refractivity contribution in [3.63, 3.8) is 0 Å². The molecule has 0 unspecified atom stereocenters. The third-order valence-electron chi connectivity index (χ3n) is 7.19. The van der Waals surface area contributed by atoms with E-state index in [4.69, 9.17) is 4.74 Å². The number of benzene rings is 3. The van der Waals surface area contributed by atoms with Crippen molar-refractivity contribution in [3.05, 3.63) is 137 Å². The SMILES string of the molecule is Cc1cc(NC(=O)c2ccccc2-c2ccccc2)ccc1C(=O)N1C=C2CC=CC=C2N2CCOCC2=C1. The highest BCUT2D eigenvalue weighted by Crippen LogP contribution is 2.32. The van der Waals surface area contributed by atoms with Crippen LogP contribution in [0.2, 0.25) is 0 Å². The predicted molar refractivity (Wildman–Crippen MR) is 153 cm³/mol. The summed E-state index contributed by atoms with van der Waals surface area (Å²) in [4.78, 5) is 30.9. The molecule has 2 amide bonds. The molecular formula is C33H29N3O3. The van der Waals surface area contributed by atoms with Gasteiger partial charge in [0.2, 0.25) is 0 Å². The van der Waals surface area contributed by atoms with E-state index in [0.717, 1.165) is 46.6 Å². The van der Waals surface area contributed by atoms with Gasteiger partial charge in [0.05, 0.1) is 18.9 Å². The maximum atomic E-state index is 13.7. The highest BCUT2D eigenvalue weighted by molar-refractivity contribution is 6.09. The van der Waals surface area contributed by atoms with Crippen molar-refractivity contribution in [1.82, 2.24) is 9.80 Å². The van der Waals surface area contributed by atoms with Crippen LogP contribution in [0.15, 0.2) is 120 Å². The fourth-order valence-corrected chi connectivity index (χ4v) is 5.24. The van der Waals surface area contributed by atoms with E-state index in [1.807, 2.05) is 80.0 Å². The summed E-state index contributed by atoms with van der Waals surface area (Å²) in [5.41, 5.74) is 7.61. The van der Waals surface area contributed by atoms with E-state index < -0.39 is 0 Å². The Labute approximate surface area is 228 Å². The first kappa shape index (κ1) is 24.6. The first-order valence-electron chi connectivity index (χ1n) is 13.1. The molecule has 0 aromatic heterocycles. The van der Waals surface area contributed by atoms with Gasteiger partial charge in [-0.1, -0.05) is 60.7 Å². The van der Waals surface area contributed by atoms with Gasteiger partial charge in [0, 0.05) is 41.5 Å². The summed E-state index contributed by atoms with van der Waals surface area (Å²) >= 11 is 0. The lowest BCUT2D eigenvalue weighted by Crippen LogP contribution is -2.34. The number of hydrogen-bond acceptors (Lipinski definition) is 4. The third-order valence-corrected chi connectivity index (χ3v) is 7.19. The Balaban J connectivity index is 1.25. The van der Waals surface area contributed by atoms with Gasteiger partial charge in [-0.05, 0) is 65.9 Å². The molecule has 3 aromatic rings. The van der Waals surface area contributed by atoms with E-state index in [-0.39, 0.29) is 11.8 Å². The van der Waals surface area contributed by atoms with Gasteiger partial charge in [0.15, 0.2) is 0 Å². The Morgan fingerprint density at radius 2 is 1.74 bits per heavy atom. The number of fused-ring (bicyclic) bond motifs is 3. The summed E-state index contributed by atoms with van der Waals surface area (Å²) in [6, 6.07) is 22.8. The Morgan fingerprint density at radius 3 is 2.59 bits per heavy atom. The minimum absolute atomic E-state index is 0.124. The summed E-state index contributed by atoms with van der Waals surface area (Å²) in [5, 5.41) is 3.01. The molecule has 6 rings (SSSR count). The third kappa shape index (κ3) is 4.94. The highest BCUT2D eigenvalue weighted by atomic mass is 16.5. The molecule has 1 fully saturated rings. The van der Waals surface area contributed by atoms with Crippen LogP contribution in [0.4, 0.5) is 5.69 Å². The molecule has 0 spiro atoms. The first-order valence-corrected chi connectivity index (χ1v) is 13.1. The Bertz CT molecular complexity index is 1570. The van der Waals surface area contributed by atoms with Crippen molar-refractivity contribution in [3.8, 4) is 11.1 Å². The van der Waals surface area contributed by atoms with Crippen molar-refractivity contribution < 1.29 is 14.3 Å². The first-order chi connectivity index (χ1) is 19.1. The number of allylic oxidation sites excluding steroid dienone is 4. The minimum Gasteiger partial charge on any atom is -0.373 e. The molecular weight excluding hydrogens is 486 g/mol. The van der Waals surface area contributed by atoms with Crippen LogP contribution >= 0.6 is 0 Å². The van der Waals surface area contributed by atoms with Gasteiger partial charge in [-0.2, -0.15) is 0 Å². The van der Waals surface area contributed by atoms with Gasteiger partial charge < -0.3 is 15.0 Å². The number of rotatable bonds is 4. The van der Waals surface area contributed by atoms with Crippen LogP contribution in [0.1, 0.15) is 32.7 Å². The van der Waals surface area contributed by atoms with E-state index in [2.05, 4.69) is 28.4 Å². The van der Waals surface area contributed by atoms with E-state index in [1.54, 1.807) is 17.0 Å². The lowest BCUT2D eigenvalue weighted by atomic mass is 9.99. The number of carbonyl (C=O) groups is 2. The molecule has 0 saturated carbocycles. The zero-order chi connectivity index (χ0) is 26.8. The second-order valence-corrected chi connectivity index (χ2v) is 9.77. The van der Waals surface area contributed by atoms with Crippen LogP contribution in [0.25, 0.3) is 11.1 Å². The Kier molecular flexibility index (Phi) is 6.69. The molecule has 6 nitrogen and oxygen atoms in total. The average Bonchev–Trinajstić information content (AvgIpc) is 3.14. The summed E-state index contributed by atoms with van der Waals surface area (Å²) in [6.45, 7) is 3.76. The number of amides is 2. The van der Waals surface area contributed by atoms with Crippen LogP contribution in [-0.4, -0.2) is 41.4 Å². The van der Waals surface area contributed by atoms with Crippen LogP contribution in [0, 0.1) is 6.92 Å². The van der Waals surface area contributed by atoms with Gasteiger partial charge in [0.1, 0.15) is 0 Å². The minimum atomic E-state index is -0.197. The molecule has 1 aliphatic carbocycles. The monoisotopic (exact) mass is 515 g/mol. The van der Waals surface area contributed by atoms with Gasteiger partial charge >= 0.3 is 0 Å². The van der Waals surface area contributed by atoms with Crippen molar-refractivity contribution in [2.24, 2.45) is 0 Å². The lowest BCUT2D eigenvalue weighted by molar-refractivity contribution is 0.0817. The standard InChI is InChI=1S/C33H29N3O3/c1-23-19-26(34-32(37)30-13-7-6-12-29(30)24-9-3-2-4-10-24)15-16-28(23)33(38)35-20-25-11-5-8-14-31(25)36-17-18-39-22-27(36)21-35/h2-10,12-16,19-21H,11,17-18,22H2,1H3,(H,34,37). The molecule has 1 saturated heterocycles. The Hall–Kier alpha value is -4.68. The van der Waals surface area contributed by atoms with Crippen molar-refractivity contribution in [1.29, 1.82) is 0 Å². The normalized spacial score (nSPS) is 16.3. The van der Waals surface area contributed by atoms with Crippen LogP contribution in [0.5, 0.6) is 0 Å². The number of ether oxygens (including phenoxy) is 1. The van der Waals surface area contributed by atoms with Crippen LogP contribution < -0.4 is 5.32 Å². The van der Waals surface area contributed by atoms with Gasteiger partial charge in [-0.15, -0.1) is 0 Å². The van der Waals surface area contributed by atoms with E-state index in [9.17, 15) is 9.59 Å². The maximum Gasteiger partial charge on any atom is 0.262 e. The lowest BCUT2D eigenvalue weighted by Gasteiger charge is -2.33. The molecule has 0 bridgehead atoms. The molecule has 2 aliphatic heterocycles. The van der Waals surface area contributed by atoms with Gasteiger partial charge in [-0.25, -0.2) is 0 Å². The predicted octanol–water partition coefficient (Wildman–Crippen LogP) is 6.27. The molecule has 194 valence electrons. The molecule has 2 heterocycles. The maximum absolute atomic E-state index is 13.7. The van der Waals surface area contributed by atoms with Crippen molar-refractivity contribution in [2.45, 2.75) is 13.3 Å². The summed E-state index contributed by atoms with van der Waals surface area (Å²) < 4.78 is 5.70. The second kappa shape index (κ2) is 10.6. The number of morpholine rings is 1. The van der Waals surface area contributed by atoms with Crippen LogP contribution in [-0.2, 0) is 4.74 Å². The van der Waals surface area contributed by atoms with Crippen molar-refractivity contribution >= 4 is 17.5 Å².